The van der Waals surface area contributed by atoms with Crippen LogP contribution in [0, 0.1) is 0 Å². The maximum atomic E-state index is 4.50. The van der Waals surface area contributed by atoms with Gasteiger partial charge in [0, 0.05) is 25.1 Å². The Hall–Kier alpha value is -0.740. The van der Waals surface area contributed by atoms with Crippen LogP contribution in [0.15, 0.2) is 18.2 Å². The largest absolute Gasteiger partial charge is 0.373 e. The molecule has 0 amide bonds. The summed E-state index contributed by atoms with van der Waals surface area (Å²) in [6.45, 7) is 7.89. The van der Waals surface area contributed by atoms with E-state index in [0.717, 1.165) is 30.4 Å². The van der Waals surface area contributed by atoms with Gasteiger partial charge in [0.1, 0.15) is 5.82 Å². The Morgan fingerprint density at radius 2 is 2.06 bits per heavy atom. The van der Waals surface area contributed by atoms with Crippen LogP contribution in [0.2, 0.25) is 0 Å². The van der Waals surface area contributed by atoms with Gasteiger partial charge in [-0.15, -0.1) is 0 Å². The standard InChI is InChI=1S/C13H23N3S/c1-4-16(5-2)9-10-17-11-12-7-6-8-13(14-3)15-12/h6-8H,4-5,9-11H2,1-3H3,(H,14,15). The van der Waals surface area contributed by atoms with Gasteiger partial charge in [0.2, 0.25) is 0 Å². The smallest absolute Gasteiger partial charge is 0.125 e. The fourth-order valence-corrected chi connectivity index (χ4v) is 2.51. The van der Waals surface area contributed by atoms with Crippen molar-refractivity contribution in [3.8, 4) is 0 Å². The molecule has 0 unspecified atom stereocenters. The molecule has 0 spiro atoms. The van der Waals surface area contributed by atoms with Gasteiger partial charge < -0.3 is 10.2 Å². The first-order chi connectivity index (χ1) is 8.30. The molecule has 0 aliphatic heterocycles. The van der Waals surface area contributed by atoms with Gasteiger partial charge in [0.05, 0.1) is 5.69 Å². The Kier molecular flexibility index (Phi) is 7.05. The molecule has 0 aromatic carbocycles. The zero-order valence-corrected chi connectivity index (χ0v) is 11.9. The lowest BCUT2D eigenvalue weighted by molar-refractivity contribution is 0.324. The van der Waals surface area contributed by atoms with E-state index in [4.69, 9.17) is 0 Å². The topological polar surface area (TPSA) is 28.2 Å². The number of nitrogens with one attached hydrogen (secondary N) is 1. The average molecular weight is 253 g/mol. The molecule has 0 bridgehead atoms. The van der Waals surface area contributed by atoms with Gasteiger partial charge in [-0.2, -0.15) is 11.8 Å². The second-order valence-electron chi connectivity index (χ2n) is 3.84. The van der Waals surface area contributed by atoms with E-state index in [1.807, 2.05) is 24.9 Å². The molecule has 1 aromatic rings. The Labute approximate surface area is 109 Å². The lowest BCUT2D eigenvalue weighted by atomic mass is 10.4. The molecule has 17 heavy (non-hydrogen) atoms. The van der Waals surface area contributed by atoms with E-state index in [9.17, 15) is 0 Å². The van der Waals surface area contributed by atoms with Crippen LogP contribution >= 0.6 is 11.8 Å². The average Bonchev–Trinajstić information content (AvgIpc) is 2.39. The second-order valence-corrected chi connectivity index (χ2v) is 4.95. The number of nitrogens with zero attached hydrogens (tertiary/aromatic N) is 2. The molecule has 1 N–H and O–H groups in total. The fourth-order valence-electron chi connectivity index (χ4n) is 1.61. The van der Waals surface area contributed by atoms with Crippen LogP contribution in [-0.2, 0) is 5.75 Å². The number of thioether (sulfide) groups is 1. The van der Waals surface area contributed by atoms with Crippen LogP contribution in [0.25, 0.3) is 0 Å². The van der Waals surface area contributed by atoms with Crippen molar-refractivity contribution in [3.05, 3.63) is 23.9 Å². The quantitative estimate of drug-likeness (QED) is 0.721. The van der Waals surface area contributed by atoms with Crippen molar-refractivity contribution in [1.82, 2.24) is 9.88 Å². The van der Waals surface area contributed by atoms with E-state index in [2.05, 4.69) is 41.2 Å². The van der Waals surface area contributed by atoms with Crippen molar-refractivity contribution < 1.29 is 0 Å². The van der Waals surface area contributed by atoms with Crippen LogP contribution in [0.4, 0.5) is 5.82 Å². The van der Waals surface area contributed by atoms with Crippen LogP contribution in [0.3, 0.4) is 0 Å². The first kappa shape index (κ1) is 14.3. The minimum absolute atomic E-state index is 0.951. The van der Waals surface area contributed by atoms with Gasteiger partial charge in [-0.05, 0) is 25.2 Å². The van der Waals surface area contributed by atoms with Crippen molar-refractivity contribution in [2.75, 3.05) is 37.8 Å². The Morgan fingerprint density at radius 3 is 2.71 bits per heavy atom. The van der Waals surface area contributed by atoms with Crippen LogP contribution in [-0.4, -0.2) is 42.3 Å². The van der Waals surface area contributed by atoms with Crippen LogP contribution in [0.5, 0.6) is 0 Å². The first-order valence-corrected chi connectivity index (χ1v) is 7.39. The summed E-state index contributed by atoms with van der Waals surface area (Å²) < 4.78 is 0. The minimum atomic E-state index is 0.951. The molecular weight excluding hydrogens is 230 g/mol. The molecule has 1 aromatic heterocycles. The molecule has 0 atom stereocenters. The predicted octanol–water partition coefficient (Wildman–Crippen LogP) is 2.70. The fraction of sp³-hybridized carbons (Fsp3) is 0.615. The molecule has 0 saturated carbocycles. The van der Waals surface area contributed by atoms with Crippen molar-refractivity contribution in [3.63, 3.8) is 0 Å². The first-order valence-electron chi connectivity index (χ1n) is 6.24. The molecule has 96 valence electrons. The number of hydrogen-bond donors (Lipinski definition) is 1. The monoisotopic (exact) mass is 253 g/mol. The summed E-state index contributed by atoms with van der Waals surface area (Å²) in [6.07, 6.45) is 0. The molecule has 0 saturated heterocycles. The van der Waals surface area contributed by atoms with Crippen molar-refractivity contribution >= 4 is 17.6 Å². The molecule has 3 nitrogen and oxygen atoms in total. The molecule has 1 heterocycles. The highest BCUT2D eigenvalue weighted by atomic mass is 32.2. The molecular formula is C13H23N3S. The van der Waals surface area contributed by atoms with E-state index in [-0.39, 0.29) is 0 Å². The molecule has 1 rings (SSSR count). The van der Waals surface area contributed by atoms with Gasteiger partial charge in [0.25, 0.3) is 0 Å². The molecule has 0 aliphatic carbocycles. The van der Waals surface area contributed by atoms with E-state index >= 15 is 0 Å². The van der Waals surface area contributed by atoms with Crippen molar-refractivity contribution in [2.24, 2.45) is 0 Å². The SMILES string of the molecule is CCN(CC)CCSCc1cccc(NC)n1. The maximum absolute atomic E-state index is 4.50. The summed E-state index contributed by atoms with van der Waals surface area (Å²) in [5.41, 5.74) is 1.15. The Bertz CT molecular complexity index is 313. The predicted molar refractivity (Wildman–Crippen MR) is 77.7 cm³/mol. The Balaban J connectivity index is 2.26. The number of rotatable bonds is 8. The third-order valence-electron chi connectivity index (χ3n) is 2.76. The highest BCUT2D eigenvalue weighted by molar-refractivity contribution is 7.98. The lowest BCUT2D eigenvalue weighted by Crippen LogP contribution is -2.25. The van der Waals surface area contributed by atoms with E-state index in [0.29, 0.717) is 0 Å². The van der Waals surface area contributed by atoms with E-state index in [1.165, 1.54) is 12.3 Å². The highest BCUT2D eigenvalue weighted by Crippen LogP contribution is 2.12. The van der Waals surface area contributed by atoms with Gasteiger partial charge in [0.15, 0.2) is 0 Å². The summed E-state index contributed by atoms with van der Waals surface area (Å²) in [6, 6.07) is 6.13. The Morgan fingerprint density at radius 1 is 1.29 bits per heavy atom. The zero-order chi connectivity index (χ0) is 12.5. The number of anilines is 1. The summed E-state index contributed by atoms with van der Waals surface area (Å²) >= 11 is 1.95. The third kappa shape index (κ3) is 5.41. The zero-order valence-electron chi connectivity index (χ0n) is 11.1. The van der Waals surface area contributed by atoms with Gasteiger partial charge in [-0.25, -0.2) is 4.98 Å². The van der Waals surface area contributed by atoms with Gasteiger partial charge >= 0.3 is 0 Å². The molecule has 0 fully saturated rings. The van der Waals surface area contributed by atoms with E-state index < -0.39 is 0 Å². The summed E-state index contributed by atoms with van der Waals surface area (Å²) in [4.78, 5) is 6.95. The molecule has 0 radical (unpaired) electrons. The summed E-state index contributed by atoms with van der Waals surface area (Å²) in [5, 5.41) is 3.07. The minimum Gasteiger partial charge on any atom is -0.373 e. The number of hydrogen-bond acceptors (Lipinski definition) is 4. The molecule has 0 aliphatic rings. The van der Waals surface area contributed by atoms with Crippen molar-refractivity contribution in [1.29, 1.82) is 0 Å². The second kappa shape index (κ2) is 8.37. The number of pyridine rings is 1. The third-order valence-corrected chi connectivity index (χ3v) is 3.73. The molecule has 4 heteroatoms. The van der Waals surface area contributed by atoms with Gasteiger partial charge in [-0.3, -0.25) is 0 Å². The normalized spacial score (nSPS) is 10.8. The highest BCUT2D eigenvalue weighted by Gasteiger charge is 2.00. The van der Waals surface area contributed by atoms with E-state index in [1.54, 1.807) is 0 Å². The van der Waals surface area contributed by atoms with Crippen LogP contribution in [0.1, 0.15) is 19.5 Å². The maximum Gasteiger partial charge on any atom is 0.125 e. The van der Waals surface area contributed by atoms with Crippen molar-refractivity contribution in [2.45, 2.75) is 19.6 Å². The van der Waals surface area contributed by atoms with Crippen LogP contribution < -0.4 is 5.32 Å². The lowest BCUT2D eigenvalue weighted by Gasteiger charge is -2.17. The summed E-state index contributed by atoms with van der Waals surface area (Å²) in [5.74, 6) is 3.12. The van der Waals surface area contributed by atoms with Gasteiger partial charge in [-0.1, -0.05) is 19.9 Å². The summed E-state index contributed by atoms with van der Waals surface area (Å²) in [7, 11) is 1.90. The number of aromatic nitrogens is 1.